The molecule has 3 heteroatoms. The predicted molar refractivity (Wildman–Crippen MR) is 71.5 cm³/mol. The van der Waals surface area contributed by atoms with Crippen molar-refractivity contribution >= 4 is 0 Å². The maximum absolute atomic E-state index is 13.2. The van der Waals surface area contributed by atoms with E-state index in [-0.39, 0.29) is 6.61 Å². The minimum Gasteiger partial charge on any atom is -0.392 e. The zero-order valence-corrected chi connectivity index (χ0v) is 10.1. The van der Waals surface area contributed by atoms with Crippen LogP contribution in [0.3, 0.4) is 0 Å². The number of rotatable bonds is 6. The molecule has 0 amide bonds. The summed E-state index contributed by atoms with van der Waals surface area (Å²) in [6.07, 6.45) is 9.62. The van der Waals surface area contributed by atoms with Gasteiger partial charge in [0.2, 0.25) is 0 Å². The fraction of sp³-hybridized carbons (Fsp3) is 0.133. The van der Waals surface area contributed by atoms with Crippen LogP contribution in [0.2, 0.25) is 0 Å². The van der Waals surface area contributed by atoms with Gasteiger partial charge in [-0.15, -0.1) is 0 Å². The lowest BCUT2D eigenvalue weighted by molar-refractivity contribution is 0.280. The number of pyridine rings is 1. The fourth-order valence-electron chi connectivity index (χ4n) is 1.53. The van der Waals surface area contributed by atoms with Crippen LogP contribution in [0.4, 0.5) is 4.39 Å². The lowest BCUT2D eigenvalue weighted by atomic mass is 10.0. The predicted octanol–water partition coefficient (Wildman–Crippen LogP) is 3.27. The van der Waals surface area contributed by atoms with Crippen molar-refractivity contribution in [2.45, 2.75) is 13.0 Å². The lowest BCUT2D eigenvalue weighted by Gasteiger charge is -2.07. The van der Waals surface area contributed by atoms with Crippen LogP contribution in [0, 0.1) is 0 Å². The van der Waals surface area contributed by atoms with E-state index in [4.69, 9.17) is 0 Å². The fourth-order valence-corrected chi connectivity index (χ4v) is 1.53. The second-order valence-electron chi connectivity index (χ2n) is 3.69. The van der Waals surface area contributed by atoms with Gasteiger partial charge in [0.05, 0.1) is 6.61 Å². The second kappa shape index (κ2) is 7.35. The molecule has 0 saturated heterocycles. The van der Waals surface area contributed by atoms with Crippen LogP contribution >= 0.6 is 0 Å². The number of hydrogen-bond donors (Lipinski definition) is 1. The Morgan fingerprint density at radius 2 is 2.17 bits per heavy atom. The Morgan fingerprint density at radius 1 is 1.39 bits per heavy atom. The molecule has 1 N–H and O–H groups in total. The van der Waals surface area contributed by atoms with E-state index in [1.807, 2.05) is 0 Å². The van der Waals surface area contributed by atoms with Gasteiger partial charge < -0.3 is 5.11 Å². The molecular formula is C15H16FNO. The molecule has 1 rings (SSSR count). The van der Waals surface area contributed by atoms with Crippen molar-refractivity contribution in [3.8, 4) is 0 Å². The second-order valence-corrected chi connectivity index (χ2v) is 3.69. The SMILES string of the molecule is C=C/C=C(\C=C(\F)C=C)Cc1cnccc1CO. The Kier molecular flexibility index (Phi) is 5.74. The van der Waals surface area contributed by atoms with Crippen molar-refractivity contribution in [3.05, 3.63) is 78.4 Å². The van der Waals surface area contributed by atoms with Crippen LogP contribution < -0.4 is 0 Å². The van der Waals surface area contributed by atoms with E-state index in [1.54, 1.807) is 30.6 Å². The molecule has 94 valence electrons. The first kappa shape index (κ1) is 14.1. The van der Waals surface area contributed by atoms with E-state index in [1.165, 1.54) is 6.08 Å². The summed E-state index contributed by atoms with van der Waals surface area (Å²) in [5, 5.41) is 9.22. The Hall–Kier alpha value is -2.00. The van der Waals surface area contributed by atoms with Crippen molar-refractivity contribution in [2.75, 3.05) is 0 Å². The van der Waals surface area contributed by atoms with E-state index in [9.17, 15) is 9.50 Å². The first-order valence-corrected chi connectivity index (χ1v) is 5.55. The number of halogens is 1. The molecule has 2 nitrogen and oxygen atoms in total. The van der Waals surface area contributed by atoms with Crippen LogP contribution in [0.5, 0.6) is 0 Å². The highest BCUT2D eigenvalue weighted by Crippen LogP contribution is 2.15. The number of hydrogen-bond acceptors (Lipinski definition) is 2. The molecule has 0 radical (unpaired) electrons. The highest BCUT2D eigenvalue weighted by Gasteiger charge is 2.04. The van der Waals surface area contributed by atoms with Gasteiger partial charge in [-0.2, -0.15) is 0 Å². The first-order valence-electron chi connectivity index (χ1n) is 5.55. The van der Waals surface area contributed by atoms with Gasteiger partial charge in [0, 0.05) is 12.4 Å². The summed E-state index contributed by atoms with van der Waals surface area (Å²) in [6, 6.07) is 1.74. The third kappa shape index (κ3) is 4.11. The quantitative estimate of drug-likeness (QED) is 0.780. The average molecular weight is 245 g/mol. The van der Waals surface area contributed by atoms with Crippen molar-refractivity contribution in [3.63, 3.8) is 0 Å². The monoisotopic (exact) mass is 245 g/mol. The minimum absolute atomic E-state index is 0.0626. The maximum atomic E-state index is 13.2. The Balaban J connectivity index is 3.01. The summed E-state index contributed by atoms with van der Waals surface area (Å²) in [4.78, 5) is 4.01. The normalized spacial score (nSPS) is 12.3. The molecule has 0 unspecified atom stereocenters. The van der Waals surface area contributed by atoms with Gasteiger partial charge >= 0.3 is 0 Å². The highest BCUT2D eigenvalue weighted by atomic mass is 19.1. The van der Waals surface area contributed by atoms with Crippen molar-refractivity contribution in [1.82, 2.24) is 4.98 Å². The molecule has 18 heavy (non-hydrogen) atoms. The summed E-state index contributed by atoms with van der Waals surface area (Å²) in [5.41, 5.74) is 2.39. The molecule has 0 aromatic carbocycles. The summed E-state index contributed by atoms with van der Waals surface area (Å²) in [6.45, 7) is 6.90. The van der Waals surface area contributed by atoms with Crippen molar-refractivity contribution < 1.29 is 9.50 Å². The molecular weight excluding hydrogens is 229 g/mol. The van der Waals surface area contributed by atoms with Gasteiger partial charge in [0.15, 0.2) is 0 Å². The Bertz CT molecular complexity index is 489. The van der Waals surface area contributed by atoms with Crippen LogP contribution in [-0.2, 0) is 13.0 Å². The number of allylic oxidation sites excluding steroid dienone is 6. The third-order valence-corrected chi connectivity index (χ3v) is 2.42. The van der Waals surface area contributed by atoms with E-state index in [0.717, 1.165) is 22.8 Å². The van der Waals surface area contributed by atoms with Gasteiger partial charge in [0.25, 0.3) is 0 Å². The number of nitrogens with zero attached hydrogens (tertiary/aromatic N) is 1. The molecule has 0 spiro atoms. The number of aliphatic hydroxyl groups excluding tert-OH is 1. The first-order chi connectivity index (χ1) is 8.71. The number of aromatic nitrogens is 1. The minimum atomic E-state index is -0.405. The zero-order valence-electron chi connectivity index (χ0n) is 10.1. The standard InChI is InChI=1S/C15H16FNO/c1-3-5-12(9-15(16)4-2)8-14-10-17-7-6-13(14)11-18/h3-7,9-10,18H,1-2,8,11H2/b12-5-,15-9+. The lowest BCUT2D eigenvalue weighted by Crippen LogP contribution is -1.97. The molecule has 0 aliphatic rings. The summed E-state index contributed by atoms with van der Waals surface area (Å²) < 4.78 is 13.2. The van der Waals surface area contributed by atoms with Gasteiger partial charge in [-0.25, -0.2) is 4.39 Å². The van der Waals surface area contributed by atoms with E-state index < -0.39 is 5.83 Å². The zero-order chi connectivity index (χ0) is 13.4. The topological polar surface area (TPSA) is 33.1 Å². The Labute approximate surface area is 107 Å². The van der Waals surface area contributed by atoms with E-state index in [2.05, 4.69) is 18.1 Å². The highest BCUT2D eigenvalue weighted by molar-refractivity contribution is 5.35. The largest absolute Gasteiger partial charge is 0.392 e. The maximum Gasteiger partial charge on any atom is 0.122 e. The van der Waals surface area contributed by atoms with Gasteiger partial charge in [-0.1, -0.05) is 25.3 Å². The summed E-state index contributed by atoms with van der Waals surface area (Å²) >= 11 is 0. The number of aliphatic hydroxyl groups is 1. The molecule has 0 atom stereocenters. The Morgan fingerprint density at radius 3 is 2.78 bits per heavy atom. The van der Waals surface area contributed by atoms with Gasteiger partial charge in [0.1, 0.15) is 5.83 Å². The van der Waals surface area contributed by atoms with Crippen LogP contribution in [-0.4, -0.2) is 10.1 Å². The van der Waals surface area contributed by atoms with Crippen molar-refractivity contribution in [2.24, 2.45) is 0 Å². The summed E-state index contributed by atoms with van der Waals surface area (Å²) in [5.74, 6) is -0.405. The van der Waals surface area contributed by atoms with Crippen LogP contribution in [0.25, 0.3) is 0 Å². The van der Waals surface area contributed by atoms with Crippen molar-refractivity contribution in [1.29, 1.82) is 0 Å². The molecule has 1 heterocycles. The third-order valence-electron chi connectivity index (χ3n) is 2.42. The van der Waals surface area contributed by atoms with Crippen LogP contribution in [0.1, 0.15) is 11.1 Å². The molecule has 0 saturated carbocycles. The molecule has 1 aromatic rings. The molecule has 1 aromatic heterocycles. The molecule has 0 aliphatic carbocycles. The van der Waals surface area contributed by atoms with E-state index in [0.29, 0.717) is 6.42 Å². The average Bonchev–Trinajstić information content (AvgIpc) is 2.39. The van der Waals surface area contributed by atoms with Crippen LogP contribution in [0.15, 0.2) is 67.3 Å². The molecule has 0 fully saturated rings. The summed E-state index contributed by atoms with van der Waals surface area (Å²) in [7, 11) is 0. The smallest absolute Gasteiger partial charge is 0.122 e. The molecule has 0 aliphatic heterocycles. The molecule has 0 bridgehead atoms. The van der Waals surface area contributed by atoms with E-state index >= 15 is 0 Å². The van der Waals surface area contributed by atoms with Gasteiger partial charge in [-0.3, -0.25) is 4.98 Å². The van der Waals surface area contributed by atoms with Gasteiger partial charge in [-0.05, 0) is 41.3 Å².